The average Bonchev–Trinajstić information content (AvgIpc) is 2.53. The van der Waals surface area contributed by atoms with Gasteiger partial charge in [0.25, 0.3) is 0 Å². The van der Waals surface area contributed by atoms with Crippen molar-refractivity contribution >= 4 is 18.4 Å². The molecule has 0 spiro atoms. The lowest BCUT2D eigenvalue weighted by Gasteiger charge is -2.35. The second-order valence-corrected chi connectivity index (χ2v) is 7.48. The molecule has 3 heterocycles. The van der Waals surface area contributed by atoms with Gasteiger partial charge in [0, 0.05) is 36.7 Å². The largest absolute Gasteiger partial charge is 0.372 e. The molecule has 0 saturated carbocycles. The number of pyridine rings is 1. The third-order valence-electron chi connectivity index (χ3n) is 4.37. The predicted octanol–water partition coefficient (Wildman–Crippen LogP) is 4.08. The minimum atomic E-state index is 0. The van der Waals surface area contributed by atoms with Crippen molar-refractivity contribution in [2.24, 2.45) is 5.92 Å². The Balaban J connectivity index is 0.00000243. The van der Waals surface area contributed by atoms with Crippen molar-refractivity contribution in [1.29, 1.82) is 0 Å². The number of hydrogen-bond acceptors (Lipinski definition) is 5. The molecule has 0 unspecified atom stereocenters. The van der Waals surface area contributed by atoms with E-state index in [1.54, 1.807) is 0 Å². The highest BCUT2D eigenvalue weighted by molar-refractivity contribution is 5.85. The van der Waals surface area contributed by atoms with Crippen LogP contribution in [-0.2, 0) is 11.2 Å². The second-order valence-electron chi connectivity index (χ2n) is 7.48. The number of ether oxygens (including phenoxy) is 1. The van der Waals surface area contributed by atoms with Gasteiger partial charge in [-0.1, -0.05) is 13.8 Å². The van der Waals surface area contributed by atoms with Gasteiger partial charge in [0.1, 0.15) is 0 Å². The Labute approximate surface area is 162 Å². The number of morpholine rings is 1. The topological polar surface area (TPSA) is 51.1 Å². The van der Waals surface area contributed by atoms with Crippen molar-refractivity contribution in [1.82, 2.24) is 15.0 Å². The van der Waals surface area contributed by atoms with Crippen molar-refractivity contribution in [3.8, 4) is 11.1 Å². The maximum absolute atomic E-state index is 5.83. The molecule has 2 aromatic rings. The lowest BCUT2D eigenvalue weighted by atomic mass is 9.99. The summed E-state index contributed by atoms with van der Waals surface area (Å²) in [5.41, 5.74) is 4.36. The first-order valence-electron chi connectivity index (χ1n) is 9.11. The van der Waals surface area contributed by atoms with Gasteiger partial charge < -0.3 is 9.64 Å². The van der Waals surface area contributed by atoms with E-state index >= 15 is 0 Å². The molecule has 0 amide bonds. The van der Waals surface area contributed by atoms with Gasteiger partial charge in [-0.2, -0.15) is 0 Å². The van der Waals surface area contributed by atoms with E-state index in [1.807, 2.05) is 25.4 Å². The van der Waals surface area contributed by atoms with Gasteiger partial charge in [-0.15, -0.1) is 12.4 Å². The number of halogens is 1. The van der Waals surface area contributed by atoms with Gasteiger partial charge in [0.05, 0.1) is 17.9 Å². The first-order chi connectivity index (χ1) is 11.9. The van der Waals surface area contributed by atoms with E-state index in [0.29, 0.717) is 5.92 Å². The molecule has 2 atom stereocenters. The highest BCUT2D eigenvalue weighted by Gasteiger charge is 2.25. The van der Waals surface area contributed by atoms with Gasteiger partial charge in [0.2, 0.25) is 5.95 Å². The van der Waals surface area contributed by atoms with Crippen LogP contribution in [0.1, 0.15) is 39.1 Å². The minimum absolute atomic E-state index is 0. The van der Waals surface area contributed by atoms with Crippen LogP contribution in [0.2, 0.25) is 0 Å². The molecular formula is C20H29ClN4O. The number of anilines is 1. The van der Waals surface area contributed by atoms with Crippen LogP contribution < -0.4 is 4.90 Å². The van der Waals surface area contributed by atoms with Crippen LogP contribution in [0, 0.1) is 12.8 Å². The van der Waals surface area contributed by atoms with Crippen molar-refractivity contribution < 1.29 is 4.74 Å². The van der Waals surface area contributed by atoms with E-state index in [9.17, 15) is 0 Å². The normalized spacial score (nSPS) is 20.2. The summed E-state index contributed by atoms with van der Waals surface area (Å²) in [7, 11) is 0. The summed E-state index contributed by atoms with van der Waals surface area (Å²) < 4.78 is 5.83. The summed E-state index contributed by atoms with van der Waals surface area (Å²) in [5.74, 6) is 1.35. The maximum Gasteiger partial charge on any atom is 0.225 e. The van der Waals surface area contributed by atoms with Gasteiger partial charge in [0.15, 0.2) is 0 Å². The predicted molar refractivity (Wildman–Crippen MR) is 108 cm³/mol. The summed E-state index contributed by atoms with van der Waals surface area (Å²) in [4.78, 5) is 16.2. The van der Waals surface area contributed by atoms with Gasteiger partial charge in [-0.25, -0.2) is 9.97 Å². The van der Waals surface area contributed by atoms with Crippen LogP contribution in [0.3, 0.4) is 0 Å². The van der Waals surface area contributed by atoms with E-state index in [2.05, 4.69) is 48.6 Å². The van der Waals surface area contributed by atoms with Crippen LogP contribution in [-0.4, -0.2) is 40.2 Å². The smallest absolute Gasteiger partial charge is 0.225 e. The van der Waals surface area contributed by atoms with E-state index in [0.717, 1.165) is 48.0 Å². The standard InChI is InChI=1S/C20H28N4O.ClH/c1-13(2)8-19-18(17-6-7-21-14(3)9-17)10-22-20(23-19)24-11-15(4)25-16(5)12-24;/h6-7,9-10,13,15-16H,8,11-12H2,1-5H3;1H/t15-,16+;. The molecular weight excluding hydrogens is 348 g/mol. The van der Waals surface area contributed by atoms with E-state index in [1.165, 1.54) is 0 Å². The maximum atomic E-state index is 5.83. The minimum Gasteiger partial charge on any atom is -0.372 e. The Morgan fingerprint density at radius 1 is 1.19 bits per heavy atom. The molecule has 0 aliphatic carbocycles. The van der Waals surface area contributed by atoms with Gasteiger partial charge >= 0.3 is 0 Å². The van der Waals surface area contributed by atoms with E-state index in [-0.39, 0.29) is 24.6 Å². The highest BCUT2D eigenvalue weighted by atomic mass is 35.5. The Morgan fingerprint density at radius 2 is 1.88 bits per heavy atom. The summed E-state index contributed by atoms with van der Waals surface area (Å²) in [5, 5.41) is 0. The molecule has 0 radical (unpaired) electrons. The SMILES string of the molecule is Cc1cc(-c2cnc(N3C[C@@H](C)O[C@@H](C)C3)nc2CC(C)C)ccn1.Cl. The number of aryl methyl sites for hydroxylation is 1. The number of rotatable bonds is 4. The Kier molecular flexibility index (Phi) is 6.95. The van der Waals surface area contributed by atoms with Crippen molar-refractivity contribution in [2.75, 3.05) is 18.0 Å². The zero-order chi connectivity index (χ0) is 18.0. The quantitative estimate of drug-likeness (QED) is 0.804. The number of hydrogen-bond donors (Lipinski definition) is 0. The second kappa shape index (κ2) is 8.78. The molecule has 1 fully saturated rings. The lowest BCUT2D eigenvalue weighted by Crippen LogP contribution is -2.46. The first-order valence-corrected chi connectivity index (χ1v) is 9.11. The zero-order valence-corrected chi connectivity index (χ0v) is 17.1. The third-order valence-corrected chi connectivity index (χ3v) is 4.37. The fraction of sp³-hybridized carbons (Fsp3) is 0.550. The fourth-order valence-corrected chi connectivity index (χ4v) is 3.40. The molecule has 1 saturated heterocycles. The highest BCUT2D eigenvalue weighted by Crippen LogP contribution is 2.26. The zero-order valence-electron chi connectivity index (χ0n) is 16.3. The van der Waals surface area contributed by atoms with Crippen molar-refractivity contribution in [3.05, 3.63) is 35.9 Å². The molecule has 1 aliphatic rings. The fourth-order valence-electron chi connectivity index (χ4n) is 3.40. The van der Waals surface area contributed by atoms with Crippen LogP contribution in [0.25, 0.3) is 11.1 Å². The molecule has 6 heteroatoms. The van der Waals surface area contributed by atoms with Crippen LogP contribution >= 0.6 is 12.4 Å². The molecule has 5 nitrogen and oxygen atoms in total. The molecule has 0 N–H and O–H groups in total. The summed E-state index contributed by atoms with van der Waals surface area (Å²) >= 11 is 0. The average molecular weight is 377 g/mol. The molecule has 2 aromatic heterocycles. The summed E-state index contributed by atoms with van der Waals surface area (Å²) in [6, 6.07) is 4.13. The van der Waals surface area contributed by atoms with Crippen molar-refractivity contribution in [2.45, 2.75) is 53.2 Å². The Morgan fingerprint density at radius 3 is 2.50 bits per heavy atom. The Bertz CT molecular complexity index is 728. The van der Waals surface area contributed by atoms with Crippen LogP contribution in [0.4, 0.5) is 5.95 Å². The molecule has 1 aliphatic heterocycles. The van der Waals surface area contributed by atoms with Crippen LogP contribution in [0.5, 0.6) is 0 Å². The molecule has 3 rings (SSSR count). The monoisotopic (exact) mass is 376 g/mol. The van der Waals surface area contributed by atoms with Crippen LogP contribution in [0.15, 0.2) is 24.5 Å². The molecule has 0 bridgehead atoms. The van der Waals surface area contributed by atoms with E-state index in [4.69, 9.17) is 9.72 Å². The first kappa shape index (κ1) is 20.6. The summed E-state index contributed by atoms with van der Waals surface area (Å²) in [6.45, 7) is 12.3. The number of nitrogens with zero attached hydrogens (tertiary/aromatic N) is 4. The Hall–Kier alpha value is -1.72. The molecule has 0 aromatic carbocycles. The van der Waals surface area contributed by atoms with E-state index < -0.39 is 0 Å². The van der Waals surface area contributed by atoms with Gasteiger partial charge in [-0.3, -0.25) is 4.98 Å². The van der Waals surface area contributed by atoms with Crippen molar-refractivity contribution in [3.63, 3.8) is 0 Å². The van der Waals surface area contributed by atoms with Gasteiger partial charge in [-0.05, 0) is 50.8 Å². The molecule has 26 heavy (non-hydrogen) atoms. The third kappa shape index (κ3) is 4.92. The summed E-state index contributed by atoms with van der Waals surface area (Å²) in [6.07, 6.45) is 5.15. The number of aromatic nitrogens is 3. The molecule has 142 valence electrons. The lowest BCUT2D eigenvalue weighted by molar-refractivity contribution is -0.00573.